The van der Waals surface area contributed by atoms with Gasteiger partial charge in [0.2, 0.25) is 0 Å². The molecule has 0 saturated heterocycles. The lowest BCUT2D eigenvalue weighted by Crippen LogP contribution is -2.16. The van der Waals surface area contributed by atoms with Gasteiger partial charge in [0.15, 0.2) is 0 Å². The Morgan fingerprint density at radius 1 is 0.324 bits per heavy atom. The molecule has 0 aliphatic heterocycles. The molecule has 11 aromatic rings. The summed E-state index contributed by atoms with van der Waals surface area (Å²) in [6.07, 6.45) is 0. The van der Waals surface area contributed by atoms with E-state index in [0.29, 0.717) is 0 Å². The molecule has 3 nitrogen and oxygen atoms in total. The first kappa shape index (κ1) is 40.8. The average Bonchev–Trinajstić information content (AvgIpc) is 3.86. The van der Waals surface area contributed by atoms with Crippen LogP contribution in [0.3, 0.4) is 0 Å². The number of benzene rings is 10. The van der Waals surface area contributed by atoms with E-state index in [1.165, 1.54) is 61.1 Å². The molecule has 324 valence electrons. The molecule has 0 radical (unpaired) electrons. The third kappa shape index (κ3) is 7.08. The van der Waals surface area contributed by atoms with E-state index in [4.69, 9.17) is 0 Å². The van der Waals surface area contributed by atoms with E-state index in [1.54, 1.807) is 0 Å². The highest BCUT2D eigenvalue weighted by Gasteiger charge is 2.36. The molecule has 0 N–H and O–H groups in total. The third-order valence-electron chi connectivity index (χ3n) is 13.8. The second-order valence-electron chi connectivity index (χ2n) is 18.2. The largest absolute Gasteiger partial charge is 0.311 e. The minimum absolute atomic E-state index is 0.135. The summed E-state index contributed by atoms with van der Waals surface area (Å²) in [6.45, 7) is 4.71. The number of nitrogens with zero attached hydrogens (tertiary/aromatic N) is 3. The fourth-order valence-electron chi connectivity index (χ4n) is 10.5. The maximum atomic E-state index is 2.43. The van der Waals surface area contributed by atoms with Crippen LogP contribution in [0.15, 0.2) is 261 Å². The van der Waals surface area contributed by atoms with Crippen molar-refractivity contribution in [2.75, 3.05) is 9.80 Å². The molecule has 0 unspecified atom stereocenters. The molecule has 1 heterocycles. The van der Waals surface area contributed by atoms with Crippen LogP contribution < -0.4 is 9.80 Å². The Bertz CT molecular complexity index is 3500. The van der Waals surface area contributed by atoms with Gasteiger partial charge in [-0.25, -0.2) is 0 Å². The summed E-state index contributed by atoms with van der Waals surface area (Å²) >= 11 is 0. The van der Waals surface area contributed by atoms with Crippen LogP contribution in [0.4, 0.5) is 34.1 Å². The van der Waals surface area contributed by atoms with E-state index in [-0.39, 0.29) is 5.41 Å². The average molecular weight is 872 g/mol. The smallest absolute Gasteiger partial charge is 0.0619 e. The maximum Gasteiger partial charge on any atom is 0.0619 e. The molecule has 0 atom stereocenters. The summed E-state index contributed by atoms with van der Waals surface area (Å²) in [4.78, 5) is 4.72. The van der Waals surface area contributed by atoms with Crippen LogP contribution in [0, 0.1) is 0 Å². The quantitative estimate of drug-likeness (QED) is 0.136. The molecular weight excluding hydrogens is 823 g/mol. The summed E-state index contributed by atoms with van der Waals surface area (Å²) < 4.78 is 2.43. The van der Waals surface area contributed by atoms with E-state index >= 15 is 0 Å². The highest BCUT2D eigenvalue weighted by Crippen LogP contribution is 2.51. The van der Waals surface area contributed by atoms with Crippen molar-refractivity contribution < 1.29 is 0 Å². The summed E-state index contributed by atoms with van der Waals surface area (Å²) in [6, 6.07) is 94.6. The molecule has 1 aromatic heterocycles. The molecular formula is C65H49N3. The van der Waals surface area contributed by atoms with Crippen molar-refractivity contribution >= 4 is 45.0 Å². The van der Waals surface area contributed by atoms with Crippen LogP contribution in [0.25, 0.3) is 61.2 Å². The third-order valence-corrected chi connectivity index (χ3v) is 13.8. The Hall–Kier alpha value is -8.66. The Morgan fingerprint density at radius 2 is 0.765 bits per heavy atom. The summed E-state index contributed by atoms with van der Waals surface area (Å²) in [5, 5.41) is 1.21. The van der Waals surface area contributed by atoms with E-state index in [1.807, 2.05) is 0 Å². The van der Waals surface area contributed by atoms with Gasteiger partial charge in [-0.3, -0.25) is 0 Å². The number of hydrogen-bond acceptors (Lipinski definition) is 2. The van der Waals surface area contributed by atoms with Gasteiger partial charge in [0.05, 0.1) is 11.2 Å². The van der Waals surface area contributed by atoms with Gasteiger partial charge in [-0.15, -0.1) is 0 Å². The zero-order valence-corrected chi connectivity index (χ0v) is 38.2. The van der Waals surface area contributed by atoms with Gasteiger partial charge in [0.25, 0.3) is 0 Å². The first-order valence-electron chi connectivity index (χ1n) is 23.5. The van der Waals surface area contributed by atoms with Gasteiger partial charge >= 0.3 is 0 Å². The molecule has 0 amide bonds. The molecule has 3 heteroatoms. The van der Waals surface area contributed by atoms with Gasteiger partial charge in [-0.1, -0.05) is 178 Å². The number of hydrogen-bond donors (Lipinski definition) is 0. The summed E-state index contributed by atoms with van der Waals surface area (Å²) in [5.74, 6) is 0. The first-order chi connectivity index (χ1) is 33.5. The summed E-state index contributed by atoms with van der Waals surface area (Å²) in [7, 11) is 0. The Labute approximate surface area is 399 Å². The molecule has 0 fully saturated rings. The lowest BCUT2D eigenvalue weighted by Gasteiger charge is -2.29. The lowest BCUT2D eigenvalue weighted by atomic mass is 9.82. The molecule has 0 saturated carbocycles. The van der Waals surface area contributed by atoms with E-state index < -0.39 is 0 Å². The molecule has 1 aliphatic carbocycles. The second-order valence-corrected chi connectivity index (χ2v) is 18.2. The van der Waals surface area contributed by atoms with Crippen molar-refractivity contribution in [3.8, 4) is 50.3 Å². The fraction of sp³-hybridized carbons (Fsp3) is 0.0462. The van der Waals surface area contributed by atoms with Gasteiger partial charge in [0, 0.05) is 56.2 Å². The topological polar surface area (TPSA) is 11.4 Å². The van der Waals surface area contributed by atoms with Crippen LogP contribution in [-0.4, -0.2) is 4.57 Å². The van der Waals surface area contributed by atoms with Crippen molar-refractivity contribution in [2.24, 2.45) is 0 Å². The molecule has 0 bridgehead atoms. The van der Waals surface area contributed by atoms with Gasteiger partial charge in [-0.05, 0) is 142 Å². The highest BCUT2D eigenvalue weighted by atomic mass is 15.2. The Morgan fingerprint density at radius 3 is 1.37 bits per heavy atom. The molecule has 1 aliphatic rings. The van der Waals surface area contributed by atoms with Gasteiger partial charge < -0.3 is 14.4 Å². The molecule has 0 spiro atoms. The first-order valence-corrected chi connectivity index (χ1v) is 23.5. The number of anilines is 6. The van der Waals surface area contributed by atoms with Crippen molar-refractivity contribution in [1.29, 1.82) is 0 Å². The Balaban J connectivity index is 0.986. The predicted octanol–water partition coefficient (Wildman–Crippen LogP) is 17.9. The van der Waals surface area contributed by atoms with Crippen LogP contribution in [0.5, 0.6) is 0 Å². The zero-order chi connectivity index (χ0) is 45.6. The monoisotopic (exact) mass is 871 g/mol. The number of rotatable bonds is 10. The van der Waals surface area contributed by atoms with E-state index in [9.17, 15) is 0 Å². The minimum atomic E-state index is -0.135. The van der Waals surface area contributed by atoms with E-state index in [2.05, 4.69) is 289 Å². The Kier molecular flexibility index (Phi) is 10.2. The number of aromatic nitrogens is 1. The van der Waals surface area contributed by atoms with Crippen molar-refractivity contribution in [1.82, 2.24) is 4.57 Å². The predicted molar refractivity (Wildman–Crippen MR) is 287 cm³/mol. The summed E-state index contributed by atoms with van der Waals surface area (Å²) in [5.41, 5.74) is 21.2. The van der Waals surface area contributed by atoms with Crippen LogP contribution in [0.2, 0.25) is 0 Å². The van der Waals surface area contributed by atoms with Gasteiger partial charge in [0.1, 0.15) is 0 Å². The second kappa shape index (κ2) is 17.0. The number of para-hydroxylation sites is 3. The number of fused-ring (bicyclic) bond motifs is 4. The van der Waals surface area contributed by atoms with Crippen LogP contribution in [-0.2, 0) is 5.41 Å². The van der Waals surface area contributed by atoms with Crippen LogP contribution in [0.1, 0.15) is 25.0 Å². The fourth-order valence-corrected chi connectivity index (χ4v) is 10.5. The minimum Gasteiger partial charge on any atom is -0.311 e. The zero-order valence-electron chi connectivity index (χ0n) is 38.2. The molecule has 68 heavy (non-hydrogen) atoms. The van der Waals surface area contributed by atoms with Crippen molar-refractivity contribution in [3.05, 3.63) is 272 Å². The van der Waals surface area contributed by atoms with E-state index in [0.717, 1.165) is 45.4 Å². The SMILES string of the molecule is CC1(C)c2ccccc2-c2ccc(N(c3ccc(-c4ccc5c(c4)c(-c4ccccc4)c(-c4ccccc4)n5-c4ccccc4)cc3)c3ccc(N(c4ccccc4)c4ccccc4)cc3)cc21. The molecule has 12 rings (SSSR count). The maximum absolute atomic E-state index is 2.43. The van der Waals surface area contributed by atoms with Crippen molar-refractivity contribution in [3.63, 3.8) is 0 Å². The van der Waals surface area contributed by atoms with Crippen molar-refractivity contribution in [2.45, 2.75) is 19.3 Å². The van der Waals surface area contributed by atoms with Crippen LogP contribution >= 0.6 is 0 Å². The normalized spacial score (nSPS) is 12.4. The standard InChI is InChI=1S/C65H49N3/c1-65(2)60-31-19-18-30-57(60)58-42-41-56(45-61(58)65)67(55-39-37-54(38-40-55)66(50-24-12-5-13-25-50)51-26-14-6-15-27-51)53-35-32-46(33-36-53)49-34-43-62-59(44-49)63(47-20-8-3-9-21-47)64(48-22-10-4-11-23-48)68(62)52-28-16-7-17-29-52/h3-45H,1-2H3. The molecule has 10 aromatic carbocycles. The highest BCUT2D eigenvalue weighted by molar-refractivity contribution is 6.07. The van der Waals surface area contributed by atoms with Gasteiger partial charge in [-0.2, -0.15) is 0 Å². The lowest BCUT2D eigenvalue weighted by molar-refractivity contribution is 0.660.